The van der Waals surface area contributed by atoms with Crippen LogP contribution in [0.1, 0.15) is 32.1 Å². The van der Waals surface area contributed by atoms with E-state index in [1.807, 2.05) is 42.6 Å². The lowest BCUT2D eigenvalue weighted by atomic mass is 9.91. The minimum Gasteiger partial charge on any atom is -0.416 e. The van der Waals surface area contributed by atoms with Crippen molar-refractivity contribution in [3.8, 4) is 11.5 Å². The minimum atomic E-state index is -3.36. The SMILES string of the molecule is O=P([CH]C1CCCCC1)(Oc1ccccc1)Oc1ccccc1. The second-order valence-electron chi connectivity index (χ2n) is 5.90. The average molecular weight is 329 g/mol. The predicted molar refractivity (Wildman–Crippen MR) is 92.6 cm³/mol. The van der Waals surface area contributed by atoms with E-state index in [0.717, 1.165) is 12.8 Å². The fourth-order valence-electron chi connectivity index (χ4n) is 2.88. The molecule has 0 N–H and O–H groups in total. The smallest absolute Gasteiger partial charge is 0.416 e. The van der Waals surface area contributed by atoms with E-state index >= 15 is 0 Å². The van der Waals surface area contributed by atoms with Gasteiger partial charge in [0.15, 0.2) is 0 Å². The lowest BCUT2D eigenvalue weighted by Crippen LogP contribution is -2.11. The van der Waals surface area contributed by atoms with E-state index in [0.29, 0.717) is 17.4 Å². The van der Waals surface area contributed by atoms with E-state index in [9.17, 15) is 4.57 Å². The molecule has 3 nitrogen and oxygen atoms in total. The van der Waals surface area contributed by atoms with Gasteiger partial charge in [0.1, 0.15) is 17.7 Å². The lowest BCUT2D eigenvalue weighted by molar-refractivity contribution is 0.362. The van der Waals surface area contributed by atoms with Gasteiger partial charge in [-0.25, -0.2) is 4.57 Å². The van der Waals surface area contributed by atoms with Crippen LogP contribution in [0.15, 0.2) is 60.7 Å². The van der Waals surface area contributed by atoms with Gasteiger partial charge in [-0.3, -0.25) is 0 Å². The molecule has 0 heterocycles. The molecule has 0 unspecified atom stereocenters. The number of hydrogen-bond acceptors (Lipinski definition) is 3. The maximum absolute atomic E-state index is 13.3. The van der Waals surface area contributed by atoms with Gasteiger partial charge >= 0.3 is 7.60 Å². The van der Waals surface area contributed by atoms with Crippen LogP contribution in [0.2, 0.25) is 0 Å². The van der Waals surface area contributed by atoms with Gasteiger partial charge in [0.25, 0.3) is 0 Å². The quantitative estimate of drug-likeness (QED) is 0.602. The summed E-state index contributed by atoms with van der Waals surface area (Å²) in [6.07, 6.45) is 7.54. The first-order chi connectivity index (χ1) is 11.2. The van der Waals surface area contributed by atoms with Crippen molar-refractivity contribution < 1.29 is 13.6 Å². The first-order valence-corrected chi connectivity index (χ1v) is 9.80. The van der Waals surface area contributed by atoms with Crippen LogP contribution in [0.25, 0.3) is 0 Å². The van der Waals surface area contributed by atoms with Crippen molar-refractivity contribution in [2.24, 2.45) is 5.92 Å². The van der Waals surface area contributed by atoms with Crippen LogP contribution in [-0.4, -0.2) is 0 Å². The van der Waals surface area contributed by atoms with Crippen LogP contribution in [0.3, 0.4) is 0 Å². The van der Waals surface area contributed by atoms with E-state index in [1.54, 1.807) is 24.3 Å². The van der Waals surface area contributed by atoms with Crippen LogP contribution in [0.5, 0.6) is 11.5 Å². The molecule has 2 aromatic carbocycles. The monoisotopic (exact) mass is 329 g/mol. The molecule has 0 aliphatic heterocycles. The molecule has 0 amide bonds. The number of hydrogen-bond donors (Lipinski definition) is 0. The van der Waals surface area contributed by atoms with Crippen molar-refractivity contribution in [1.29, 1.82) is 0 Å². The van der Waals surface area contributed by atoms with Gasteiger partial charge in [-0.1, -0.05) is 55.7 Å². The molecule has 1 radical (unpaired) electrons. The van der Waals surface area contributed by atoms with E-state index in [4.69, 9.17) is 9.05 Å². The Kier molecular flexibility index (Phi) is 5.40. The highest BCUT2D eigenvalue weighted by molar-refractivity contribution is 7.57. The summed E-state index contributed by atoms with van der Waals surface area (Å²) in [7, 11) is -3.36. The highest BCUT2D eigenvalue weighted by Gasteiger charge is 2.33. The standard InChI is InChI=1S/C19H22O3P/c20-23(16-17-10-4-1-5-11-17,21-18-12-6-2-7-13-18)22-19-14-8-3-9-15-19/h2-3,6-9,12-17H,1,4-5,10-11H2. The Hall–Kier alpha value is -1.73. The summed E-state index contributed by atoms with van der Waals surface area (Å²) in [6, 6.07) is 18.5. The van der Waals surface area contributed by atoms with E-state index < -0.39 is 7.60 Å². The maximum Gasteiger partial charge on any atom is 0.435 e. The average Bonchev–Trinajstić information content (AvgIpc) is 2.57. The zero-order chi connectivity index (χ0) is 16.0. The van der Waals surface area contributed by atoms with Gasteiger partial charge < -0.3 is 9.05 Å². The molecule has 1 aliphatic rings. The van der Waals surface area contributed by atoms with E-state index in [2.05, 4.69) is 0 Å². The third kappa shape index (κ3) is 4.87. The van der Waals surface area contributed by atoms with Gasteiger partial charge in [-0.05, 0) is 43.0 Å². The Balaban J connectivity index is 1.77. The number of rotatable bonds is 6. The van der Waals surface area contributed by atoms with Gasteiger partial charge in [0.2, 0.25) is 0 Å². The summed E-state index contributed by atoms with van der Waals surface area (Å²) >= 11 is 0. The van der Waals surface area contributed by atoms with Crippen LogP contribution < -0.4 is 9.05 Å². The van der Waals surface area contributed by atoms with Crippen molar-refractivity contribution in [3.63, 3.8) is 0 Å². The molecule has 2 aromatic rings. The van der Waals surface area contributed by atoms with Gasteiger partial charge in [-0.2, -0.15) is 0 Å². The van der Waals surface area contributed by atoms with Crippen molar-refractivity contribution in [1.82, 2.24) is 0 Å². The Labute approximate surface area is 138 Å². The van der Waals surface area contributed by atoms with Crippen molar-refractivity contribution >= 4 is 7.60 Å². The zero-order valence-corrected chi connectivity index (χ0v) is 14.0. The second kappa shape index (κ2) is 7.70. The topological polar surface area (TPSA) is 35.5 Å². The third-order valence-corrected chi connectivity index (χ3v) is 5.71. The molecule has 4 heteroatoms. The molecule has 0 spiro atoms. The van der Waals surface area contributed by atoms with Crippen molar-refractivity contribution in [2.75, 3.05) is 0 Å². The summed E-state index contributed by atoms with van der Waals surface area (Å²) < 4.78 is 24.9. The Bertz CT molecular complexity index is 591. The molecule has 1 saturated carbocycles. The molecular formula is C19H22O3P. The Morgan fingerprint density at radius 1 is 0.783 bits per heavy atom. The van der Waals surface area contributed by atoms with Gasteiger partial charge in [0, 0.05) is 0 Å². The zero-order valence-electron chi connectivity index (χ0n) is 13.1. The van der Waals surface area contributed by atoms with Gasteiger partial charge in [-0.15, -0.1) is 0 Å². The van der Waals surface area contributed by atoms with Gasteiger partial charge in [0.05, 0.1) is 0 Å². The normalized spacial score (nSPS) is 16.0. The highest BCUT2D eigenvalue weighted by atomic mass is 31.2. The fourth-order valence-corrected chi connectivity index (χ4v) is 4.68. The summed E-state index contributed by atoms with van der Waals surface area (Å²) in [4.78, 5) is 0. The molecule has 23 heavy (non-hydrogen) atoms. The molecule has 0 atom stereocenters. The lowest BCUT2D eigenvalue weighted by Gasteiger charge is -2.26. The summed E-state index contributed by atoms with van der Waals surface area (Å²) in [6.45, 7) is 0. The van der Waals surface area contributed by atoms with Crippen molar-refractivity contribution in [3.05, 3.63) is 66.8 Å². The molecule has 1 fully saturated rings. The summed E-state index contributed by atoms with van der Waals surface area (Å²) in [5.74, 6) is 1.43. The molecule has 0 aromatic heterocycles. The Morgan fingerprint density at radius 3 is 1.74 bits per heavy atom. The number of benzene rings is 2. The van der Waals surface area contributed by atoms with Crippen LogP contribution in [-0.2, 0) is 4.57 Å². The number of para-hydroxylation sites is 2. The molecule has 0 bridgehead atoms. The fraction of sp³-hybridized carbons (Fsp3) is 0.316. The molecule has 121 valence electrons. The van der Waals surface area contributed by atoms with Crippen LogP contribution in [0.4, 0.5) is 0 Å². The highest BCUT2D eigenvalue weighted by Crippen LogP contribution is 2.54. The van der Waals surface area contributed by atoms with Crippen LogP contribution in [0, 0.1) is 12.1 Å². The molecule has 3 rings (SSSR count). The molecular weight excluding hydrogens is 307 g/mol. The minimum absolute atomic E-state index is 0.294. The van der Waals surface area contributed by atoms with E-state index in [1.165, 1.54) is 19.3 Å². The maximum atomic E-state index is 13.3. The molecule has 0 saturated heterocycles. The van der Waals surface area contributed by atoms with E-state index in [-0.39, 0.29) is 0 Å². The molecule has 1 aliphatic carbocycles. The summed E-state index contributed by atoms with van der Waals surface area (Å²) in [5, 5.41) is 0. The second-order valence-corrected chi connectivity index (χ2v) is 7.64. The third-order valence-electron chi connectivity index (χ3n) is 3.99. The van der Waals surface area contributed by atoms with Crippen LogP contribution >= 0.6 is 7.60 Å². The predicted octanol–water partition coefficient (Wildman–Crippen LogP) is 6.08. The first kappa shape index (κ1) is 16.1. The largest absolute Gasteiger partial charge is 0.435 e. The summed E-state index contributed by atoms with van der Waals surface area (Å²) in [5.41, 5.74) is 0. The Morgan fingerprint density at radius 2 is 1.26 bits per heavy atom. The first-order valence-electron chi connectivity index (χ1n) is 8.19. The van der Waals surface area contributed by atoms with Crippen molar-refractivity contribution in [2.45, 2.75) is 32.1 Å².